The monoisotopic (exact) mass is 235 g/mol. The molecule has 15 heavy (non-hydrogen) atoms. The van der Waals surface area contributed by atoms with Gasteiger partial charge in [-0.15, -0.1) is 0 Å². The minimum atomic E-state index is -2.80. The summed E-state index contributed by atoms with van der Waals surface area (Å²) < 4.78 is 22.6. The van der Waals surface area contributed by atoms with Crippen molar-refractivity contribution in [3.63, 3.8) is 0 Å². The van der Waals surface area contributed by atoms with Gasteiger partial charge in [0.2, 0.25) is 0 Å². The van der Waals surface area contributed by atoms with Crippen LogP contribution in [0.25, 0.3) is 0 Å². The van der Waals surface area contributed by atoms with Gasteiger partial charge in [-0.3, -0.25) is 0 Å². The van der Waals surface area contributed by atoms with Gasteiger partial charge in [0.25, 0.3) is 0 Å². The molecule has 0 spiro atoms. The minimum Gasteiger partial charge on any atom is -0.393 e. The third-order valence-corrected chi connectivity index (χ3v) is 4.52. The van der Waals surface area contributed by atoms with Crippen molar-refractivity contribution in [2.24, 2.45) is 0 Å². The molecule has 2 unspecified atom stereocenters. The molecule has 1 fully saturated rings. The molecule has 1 rings (SSSR count). The summed E-state index contributed by atoms with van der Waals surface area (Å²) in [6.07, 6.45) is 3.13. The Hall–Kier alpha value is -0.130. The molecule has 5 heteroatoms. The first-order chi connectivity index (χ1) is 6.99. The van der Waals surface area contributed by atoms with Crippen molar-refractivity contribution < 1.29 is 13.5 Å². The summed E-state index contributed by atoms with van der Waals surface area (Å²) in [5.74, 6) is 0.626. The van der Waals surface area contributed by atoms with E-state index in [-0.39, 0.29) is 17.9 Å². The van der Waals surface area contributed by atoms with Crippen molar-refractivity contribution in [1.29, 1.82) is 0 Å². The molecule has 0 amide bonds. The van der Waals surface area contributed by atoms with E-state index in [0.717, 1.165) is 32.2 Å². The van der Waals surface area contributed by atoms with Crippen molar-refractivity contribution in [1.82, 2.24) is 5.32 Å². The van der Waals surface area contributed by atoms with Gasteiger partial charge in [0.1, 0.15) is 0 Å². The summed E-state index contributed by atoms with van der Waals surface area (Å²) in [6.45, 7) is 2.57. The Balaban J connectivity index is 2.16. The van der Waals surface area contributed by atoms with Gasteiger partial charge in [-0.1, -0.05) is 0 Å². The van der Waals surface area contributed by atoms with Crippen molar-refractivity contribution in [3.05, 3.63) is 0 Å². The van der Waals surface area contributed by atoms with E-state index in [4.69, 9.17) is 5.11 Å². The highest BCUT2D eigenvalue weighted by Crippen LogP contribution is 2.11. The quantitative estimate of drug-likeness (QED) is 0.673. The first kappa shape index (κ1) is 12.9. The number of rotatable bonds is 5. The highest BCUT2D eigenvalue weighted by atomic mass is 32.2. The van der Waals surface area contributed by atoms with E-state index in [2.05, 4.69) is 5.32 Å². The van der Waals surface area contributed by atoms with E-state index in [0.29, 0.717) is 5.75 Å². The Morgan fingerprint density at radius 1 is 1.53 bits per heavy atom. The first-order valence-electron chi connectivity index (χ1n) is 5.61. The lowest BCUT2D eigenvalue weighted by atomic mass is 10.1. The summed E-state index contributed by atoms with van der Waals surface area (Å²) >= 11 is 0. The van der Waals surface area contributed by atoms with Crippen molar-refractivity contribution in [3.8, 4) is 0 Å². The van der Waals surface area contributed by atoms with Crippen LogP contribution in [0.4, 0.5) is 0 Å². The lowest BCUT2D eigenvalue weighted by Gasteiger charge is -2.23. The van der Waals surface area contributed by atoms with Gasteiger partial charge in [-0.2, -0.15) is 0 Å². The normalized spacial score (nSPS) is 27.5. The second-order valence-corrected chi connectivity index (χ2v) is 6.63. The molecule has 1 saturated heterocycles. The van der Waals surface area contributed by atoms with Gasteiger partial charge in [-0.25, -0.2) is 8.42 Å². The van der Waals surface area contributed by atoms with Crippen LogP contribution in [-0.4, -0.2) is 43.7 Å². The third-order valence-electron chi connectivity index (χ3n) is 2.69. The Morgan fingerprint density at radius 2 is 2.27 bits per heavy atom. The summed E-state index contributed by atoms with van der Waals surface area (Å²) in [5.41, 5.74) is 0. The van der Waals surface area contributed by atoms with Crippen LogP contribution in [0.15, 0.2) is 0 Å². The summed E-state index contributed by atoms with van der Waals surface area (Å²) in [7, 11) is -2.80. The zero-order valence-corrected chi connectivity index (χ0v) is 10.1. The zero-order valence-electron chi connectivity index (χ0n) is 9.28. The molecular weight excluding hydrogens is 214 g/mol. The van der Waals surface area contributed by atoms with Gasteiger partial charge in [-0.05, 0) is 39.2 Å². The Labute approximate surface area is 92.0 Å². The molecule has 0 aromatic carbocycles. The van der Waals surface area contributed by atoms with Crippen LogP contribution < -0.4 is 5.32 Å². The maximum Gasteiger partial charge on any atom is 0.151 e. The number of aliphatic hydroxyl groups is 1. The van der Waals surface area contributed by atoms with Gasteiger partial charge in [0.15, 0.2) is 9.84 Å². The molecule has 0 aliphatic carbocycles. The SMILES string of the molecule is CC(O)CCCNC1CCCS(=O)(=O)C1. The lowest BCUT2D eigenvalue weighted by Crippen LogP contribution is -2.40. The molecule has 4 nitrogen and oxygen atoms in total. The van der Waals surface area contributed by atoms with E-state index in [1.54, 1.807) is 6.92 Å². The number of sulfone groups is 1. The van der Waals surface area contributed by atoms with E-state index in [1.165, 1.54) is 0 Å². The second kappa shape index (κ2) is 5.82. The molecule has 0 bridgehead atoms. The number of nitrogens with one attached hydrogen (secondary N) is 1. The Kier molecular flexibility index (Phi) is 5.02. The Morgan fingerprint density at radius 3 is 2.87 bits per heavy atom. The van der Waals surface area contributed by atoms with Gasteiger partial charge >= 0.3 is 0 Å². The van der Waals surface area contributed by atoms with Crippen molar-refractivity contribution >= 4 is 9.84 Å². The molecular formula is C10H21NO3S. The maximum absolute atomic E-state index is 11.3. The smallest absolute Gasteiger partial charge is 0.151 e. The van der Waals surface area contributed by atoms with Gasteiger partial charge in [0.05, 0.1) is 17.6 Å². The highest BCUT2D eigenvalue weighted by molar-refractivity contribution is 7.91. The van der Waals surface area contributed by atoms with Crippen LogP contribution in [0.2, 0.25) is 0 Å². The summed E-state index contributed by atoms with van der Waals surface area (Å²) in [5, 5.41) is 12.3. The largest absolute Gasteiger partial charge is 0.393 e. The molecule has 1 aliphatic heterocycles. The van der Waals surface area contributed by atoms with E-state index < -0.39 is 9.84 Å². The lowest BCUT2D eigenvalue weighted by molar-refractivity contribution is 0.181. The molecule has 1 heterocycles. The summed E-state index contributed by atoms with van der Waals surface area (Å²) in [4.78, 5) is 0. The van der Waals surface area contributed by atoms with Crippen LogP contribution in [-0.2, 0) is 9.84 Å². The standard InChI is InChI=1S/C10H21NO3S/c1-9(12)4-2-6-11-10-5-3-7-15(13,14)8-10/h9-12H,2-8H2,1H3. The molecule has 0 aromatic heterocycles. The fourth-order valence-corrected chi connectivity index (χ4v) is 3.56. The maximum atomic E-state index is 11.3. The second-order valence-electron chi connectivity index (χ2n) is 4.40. The highest BCUT2D eigenvalue weighted by Gasteiger charge is 2.23. The Bertz CT molecular complexity index is 274. The molecule has 0 radical (unpaired) electrons. The predicted molar refractivity (Wildman–Crippen MR) is 60.6 cm³/mol. The molecule has 90 valence electrons. The number of hydrogen-bond donors (Lipinski definition) is 2. The fourth-order valence-electron chi connectivity index (χ4n) is 1.89. The topological polar surface area (TPSA) is 66.4 Å². The number of aliphatic hydroxyl groups excluding tert-OH is 1. The molecule has 0 aromatic rings. The molecule has 1 aliphatic rings. The van der Waals surface area contributed by atoms with Crippen molar-refractivity contribution in [2.75, 3.05) is 18.1 Å². The van der Waals surface area contributed by atoms with Crippen LogP contribution in [0.5, 0.6) is 0 Å². The fraction of sp³-hybridized carbons (Fsp3) is 1.00. The predicted octanol–water partition coefficient (Wildman–Crippen LogP) is 0.314. The molecule has 2 N–H and O–H groups in total. The number of hydrogen-bond acceptors (Lipinski definition) is 4. The molecule has 2 atom stereocenters. The minimum absolute atomic E-state index is 0.123. The van der Waals surface area contributed by atoms with Crippen LogP contribution in [0.1, 0.15) is 32.6 Å². The van der Waals surface area contributed by atoms with Crippen LogP contribution in [0.3, 0.4) is 0 Å². The van der Waals surface area contributed by atoms with E-state index in [9.17, 15) is 8.42 Å². The van der Waals surface area contributed by atoms with Crippen LogP contribution in [0, 0.1) is 0 Å². The van der Waals surface area contributed by atoms with E-state index in [1.807, 2.05) is 0 Å². The van der Waals surface area contributed by atoms with E-state index >= 15 is 0 Å². The van der Waals surface area contributed by atoms with Gasteiger partial charge in [0, 0.05) is 6.04 Å². The average molecular weight is 235 g/mol. The van der Waals surface area contributed by atoms with Gasteiger partial charge < -0.3 is 10.4 Å². The zero-order chi connectivity index (χ0) is 11.3. The summed E-state index contributed by atoms with van der Waals surface area (Å²) in [6, 6.07) is 0.123. The first-order valence-corrected chi connectivity index (χ1v) is 7.43. The van der Waals surface area contributed by atoms with Crippen LogP contribution >= 0.6 is 0 Å². The third kappa shape index (κ3) is 5.49. The van der Waals surface area contributed by atoms with Crippen molar-refractivity contribution in [2.45, 2.75) is 44.8 Å². The molecule has 0 saturated carbocycles. The average Bonchev–Trinajstić information content (AvgIpc) is 2.10.